The maximum absolute atomic E-state index is 5.84. The number of hydrogen-bond donors (Lipinski definition) is 0. The molecule has 9 heteroatoms. The first-order valence-electron chi connectivity index (χ1n) is 19.9. The molecular weight excluding hydrogens is 725 g/mol. The number of nitrogens with zero attached hydrogens (tertiary/aromatic N) is 8. The predicted octanol–water partition coefficient (Wildman–Crippen LogP) is 8.52. The van der Waals surface area contributed by atoms with Crippen LogP contribution in [0.25, 0.3) is 33.9 Å². The average Bonchev–Trinajstić information content (AvgIpc) is 3.95. The first kappa shape index (κ1) is 30.0. The van der Waals surface area contributed by atoms with Crippen LogP contribution < -0.4 is 13.7 Å². The van der Waals surface area contributed by atoms with Crippen molar-refractivity contribution < 1.29 is 0 Å². The Morgan fingerprint density at radius 2 is 0.833 bits per heavy atom. The van der Waals surface area contributed by atoms with Crippen molar-refractivity contribution in [1.29, 1.82) is 0 Å². The molecule has 4 aromatic carbocycles. The molecule has 8 aliphatic rings. The van der Waals surface area contributed by atoms with Crippen molar-refractivity contribution in [1.82, 2.24) is 32.0 Å². The van der Waals surface area contributed by atoms with E-state index >= 15 is 0 Å². The minimum absolute atomic E-state index is 0.478. The molecule has 5 heterocycles. The molecule has 262 valence electrons. The fourth-order valence-electron chi connectivity index (χ4n) is 11.4. The number of hydrogen-bond acceptors (Lipinski definition) is 6. The van der Waals surface area contributed by atoms with Gasteiger partial charge >= 0.3 is 318 Å². The van der Waals surface area contributed by atoms with Crippen LogP contribution in [0.1, 0.15) is 97.8 Å². The van der Waals surface area contributed by atoms with E-state index < -0.39 is 13.7 Å². The zero-order valence-electron chi connectivity index (χ0n) is 29.9. The standard InChI is InChI=1S/C45H38GeN8/c1-3-11-31(12-4-1)41-49-42(32-13-5-2-6-14-32)51-43(50-41)52-44-47-37-27-19-23-29(24-20-27)39(37)53(44)46(35-17-9-7-15-33(35)34-16-8-10-18-36(34)46)54-40-30-25-21-28(22-26-30)38(40)48-45(52)54/h1-18,27-30H,19-26H2. The van der Waals surface area contributed by atoms with Gasteiger partial charge in [0.2, 0.25) is 0 Å². The van der Waals surface area contributed by atoms with E-state index in [4.69, 9.17) is 24.9 Å². The third kappa shape index (κ3) is 3.77. The molecular formula is C45H38GeN8. The molecule has 0 amide bonds. The van der Waals surface area contributed by atoms with Crippen molar-refractivity contribution in [2.45, 2.75) is 75.0 Å². The molecule has 7 aromatic rings. The third-order valence-corrected chi connectivity index (χ3v) is 23.2. The molecule has 2 fully saturated rings. The zero-order valence-corrected chi connectivity index (χ0v) is 32.0. The van der Waals surface area contributed by atoms with Crippen LogP contribution in [0.4, 0.5) is 17.8 Å². The van der Waals surface area contributed by atoms with Gasteiger partial charge in [-0.25, -0.2) is 0 Å². The number of fused-ring (bicyclic) bond motifs is 13. The van der Waals surface area contributed by atoms with Crippen LogP contribution in [-0.2, 0) is 0 Å². The fourth-order valence-corrected chi connectivity index (χ4v) is 22.9. The van der Waals surface area contributed by atoms with Crippen molar-refractivity contribution in [2.75, 3.05) is 4.90 Å². The Kier molecular flexibility index (Phi) is 6.05. The van der Waals surface area contributed by atoms with Gasteiger partial charge in [0, 0.05) is 0 Å². The Balaban J connectivity index is 1.19. The summed E-state index contributed by atoms with van der Waals surface area (Å²) in [5.74, 6) is 5.75. The van der Waals surface area contributed by atoms with Gasteiger partial charge in [0.15, 0.2) is 0 Å². The second-order valence-corrected chi connectivity index (χ2v) is 23.2. The van der Waals surface area contributed by atoms with Crippen molar-refractivity contribution in [3.8, 4) is 33.9 Å². The fraction of sp³-hybridized carbons (Fsp3) is 0.267. The number of rotatable bonds is 3. The topological polar surface area (TPSA) is 77.5 Å². The van der Waals surface area contributed by atoms with E-state index in [2.05, 4.69) is 109 Å². The number of benzene rings is 4. The molecule has 2 aliphatic heterocycles. The van der Waals surface area contributed by atoms with Gasteiger partial charge in [0.1, 0.15) is 0 Å². The molecule has 54 heavy (non-hydrogen) atoms. The van der Waals surface area contributed by atoms with Gasteiger partial charge in [-0.3, -0.25) is 0 Å². The van der Waals surface area contributed by atoms with Crippen LogP contribution in [0.15, 0.2) is 109 Å². The van der Waals surface area contributed by atoms with Gasteiger partial charge in [-0.05, 0) is 0 Å². The van der Waals surface area contributed by atoms with Crippen LogP contribution >= 0.6 is 0 Å². The van der Waals surface area contributed by atoms with Crippen LogP contribution in [0.5, 0.6) is 0 Å². The summed E-state index contributed by atoms with van der Waals surface area (Å²) >= 11 is -3.90. The monoisotopic (exact) mass is 764 g/mol. The summed E-state index contributed by atoms with van der Waals surface area (Å²) in [6, 6.07) is 39.4. The van der Waals surface area contributed by atoms with Gasteiger partial charge in [0.05, 0.1) is 0 Å². The minimum atomic E-state index is -3.90. The molecule has 0 atom stereocenters. The molecule has 1 spiro atoms. The Labute approximate surface area is 316 Å². The van der Waals surface area contributed by atoms with E-state index in [0.29, 0.717) is 41.3 Å². The van der Waals surface area contributed by atoms with Gasteiger partial charge in [0.25, 0.3) is 0 Å². The van der Waals surface area contributed by atoms with Gasteiger partial charge < -0.3 is 0 Å². The Bertz CT molecular complexity index is 2490. The van der Waals surface area contributed by atoms with Crippen molar-refractivity contribution in [3.05, 3.63) is 132 Å². The van der Waals surface area contributed by atoms with E-state index in [-0.39, 0.29) is 0 Å². The van der Waals surface area contributed by atoms with Crippen LogP contribution in [0, 0.1) is 0 Å². The van der Waals surface area contributed by atoms with Gasteiger partial charge in [-0.15, -0.1) is 0 Å². The van der Waals surface area contributed by atoms with Gasteiger partial charge in [-0.2, -0.15) is 0 Å². The van der Waals surface area contributed by atoms with Crippen LogP contribution in [-0.4, -0.2) is 45.7 Å². The molecule has 0 N–H and O–H groups in total. The molecule has 3 aromatic heterocycles. The summed E-state index contributed by atoms with van der Waals surface area (Å²) in [4.78, 5) is 29.9. The zero-order chi connectivity index (χ0) is 35.1. The summed E-state index contributed by atoms with van der Waals surface area (Å²) in [5, 5.41) is 0. The molecule has 6 aliphatic carbocycles. The second-order valence-electron chi connectivity index (χ2n) is 16.2. The SMILES string of the molecule is c1ccc(-c2nc(-c3ccccc3)nc(N3c4nc5c([n]4[Ge]4([c]6ccccc6-c6cccc[c]64)[n]4c3nc3c4C4CCC3CC4)C3CCC5CC3)n2)cc1. The molecule has 0 unspecified atom stereocenters. The molecule has 0 saturated heterocycles. The molecule has 0 radical (unpaired) electrons. The average molecular weight is 763 g/mol. The summed E-state index contributed by atoms with van der Waals surface area (Å²) in [5.41, 5.74) is 10.3. The van der Waals surface area contributed by atoms with Crippen LogP contribution in [0.3, 0.4) is 0 Å². The summed E-state index contributed by atoms with van der Waals surface area (Å²) in [7, 11) is 0. The van der Waals surface area contributed by atoms with E-state index in [1.807, 2.05) is 12.1 Å². The quantitative estimate of drug-likeness (QED) is 0.168. The van der Waals surface area contributed by atoms with Gasteiger partial charge in [-0.1, -0.05) is 0 Å². The second kappa shape index (κ2) is 10.9. The predicted molar refractivity (Wildman–Crippen MR) is 213 cm³/mol. The molecule has 2 saturated carbocycles. The molecule has 8 nitrogen and oxygen atoms in total. The van der Waals surface area contributed by atoms with Crippen molar-refractivity contribution >= 4 is 40.3 Å². The molecule has 4 bridgehead atoms. The van der Waals surface area contributed by atoms with Crippen LogP contribution in [0.2, 0.25) is 0 Å². The Morgan fingerprint density at radius 1 is 0.426 bits per heavy atom. The first-order chi connectivity index (χ1) is 26.8. The molecule has 15 rings (SSSR count). The van der Waals surface area contributed by atoms with Crippen molar-refractivity contribution in [3.63, 3.8) is 0 Å². The first-order valence-corrected chi connectivity index (χ1v) is 23.9. The maximum atomic E-state index is 5.84. The van der Waals surface area contributed by atoms with E-state index in [0.717, 1.165) is 23.0 Å². The van der Waals surface area contributed by atoms with Crippen molar-refractivity contribution in [2.24, 2.45) is 0 Å². The normalized spacial score (nSPS) is 23.1. The number of aromatic nitrogens is 7. The number of anilines is 3. The summed E-state index contributed by atoms with van der Waals surface area (Å²) in [6.45, 7) is 0. The van der Waals surface area contributed by atoms with E-state index in [9.17, 15) is 0 Å². The Morgan fingerprint density at radius 3 is 1.30 bits per heavy atom. The Hall–Kier alpha value is -5.35. The number of imidazole rings is 2. The third-order valence-electron chi connectivity index (χ3n) is 13.7. The summed E-state index contributed by atoms with van der Waals surface area (Å²) in [6.07, 6.45) is 9.77. The summed E-state index contributed by atoms with van der Waals surface area (Å²) < 4.78 is 8.72. The van der Waals surface area contributed by atoms with E-state index in [1.54, 1.807) is 0 Å². The van der Waals surface area contributed by atoms with E-state index in [1.165, 1.54) is 94.1 Å².